The number of hydrogen-bond acceptors (Lipinski definition) is 4. The molecule has 7 heteroatoms. The lowest BCUT2D eigenvalue weighted by Crippen LogP contribution is -2.48. The summed E-state index contributed by atoms with van der Waals surface area (Å²) in [7, 11) is 0. The Labute approximate surface area is 169 Å². The maximum Gasteiger partial charge on any atom is 0.251 e. The molecule has 152 valence electrons. The summed E-state index contributed by atoms with van der Waals surface area (Å²) < 4.78 is 0. The molecule has 0 bridgehead atoms. The number of hydrogen-bond donors (Lipinski definition) is 2. The smallest absolute Gasteiger partial charge is 0.251 e. The molecule has 3 atom stereocenters. The fourth-order valence-corrected chi connectivity index (χ4v) is 4.43. The molecule has 0 aromatic heterocycles. The zero-order valence-corrected chi connectivity index (χ0v) is 16.6. The highest BCUT2D eigenvalue weighted by Crippen LogP contribution is 2.37. The molecule has 7 nitrogen and oxygen atoms in total. The Hall–Kier alpha value is -2.96. The molecule has 2 N–H and O–H groups in total. The van der Waals surface area contributed by atoms with Crippen LogP contribution in [0.4, 0.5) is 5.69 Å². The molecule has 1 aromatic rings. The van der Waals surface area contributed by atoms with Gasteiger partial charge in [0.2, 0.25) is 17.7 Å². The van der Waals surface area contributed by atoms with E-state index in [1.165, 1.54) is 4.90 Å². The van der Waals surface area contributed by atoms with Crippen molar-refractivity contribution in [3.63, 3.8) is 0 Å². The van der Waals surface area contributed by atoms with Gasteiger partial charge in [0.15, 0.2) is 0 Å². The number of nitrogens with one attached hydrogen (secondary N) is 2. The SMILES string of the molecule is CC(C)CC(C(=O)Nc1ccc2c(c1)C(=O)NC2)N1C(=O)C2CC=CCC2C1=O. The highest BCUT2D eigenvalue weighted by molar-refractivity contribution is 6.10. The number of allylic oxidation sites excluding steroid dienone is 2. The van der Waals surface area contributed by atoms with Crippen molar-refractivity contribution in [2.45, 2.75) is 45.7 Å². The Bertz CT molecular complexity index is 895. The van der Waals surface area contributed by atoms with Crippen LogP contribution < -0.4 is 10.6 Å². The minimum absolute atomic E-state index is 0.123. The predicted molar refractivity (Wildman–Crippen MR) is 107 cm³/mol. The lowest BCUT2D eigenvalue weighted by molar-refractivity contribution is -0.147. The van der Waals surface area contributed by atoms with Crippen molar-refractivity contribution >= 4 is 29.3 Å². The van der Waals surface area contributed by atoms with Gasteiger partial charge in [-0.2, -0.15) is 0 Å². The van der Waals surface area contributed by atoms with Crippen molar-refractivity contribution in [1.82, 2.24) is 10.2 Å². The van der Waals surface area contributed by atoms with E-state index >= 15 is 0 Å². The first kappa shape index (κ1) is 19.4. The third-order valence-corrected chi connectivity index (χ3v) is 5.91. The fraction of sp³-hybridized carbons (Fsp3) is 0.455. The van der Waals surface area contributed by atoms with Crippen LogP contribution in [0, 0.1) is 17.8 Å². The van der Waals surface area contributed by atoms with E-state index in [1.807, 2.05) is 26.0 Å². The highest BCUT2D eigenvalue weighted by atomic mass is 16.2. The van der Waals surface area contributed by atoms with Crippen LogP contribution in [-0.4, -0.2) is 34.6 Å². The van der Waals surface area contributed by atoms with Crippen LogP contribution in [0.5, 0.6) is 0 Å². The van der Waals surface area contributed by atoms with Gasteiger partial charge in [0, 0.05) is 17.8 Å². The Kier molecular flexibility index (Phi) is 4.98. The molecule has 29 heavy (non-hydrogen) atoms. The van der Waals surface area contributed by atoms with Gasteiger partial charge in [-0.1, -0.05) is 32.1 Å². The third-order valence-electron chi connectivity index (χ3n) is 5.91. The van der Waals surface area contributed by atoms with Gasteiger partial charge in [0.25, 0.3) is 5.91 Å². The summed E-state index contributed by atoms with van der Waals surface area (Å²) in [4.78, 5) is 52.2. The van der Waals surface area contributed by atoms with Crippen LogP contribution in [0.1, 0.15) is 49.0 Å². The number of amides is 4. The number of anilines is 1. The monoisotopic (exact) mass is 395 g/mol. The normalized spacial score (nSPS) is 23.8. The van der Waals surface area contributed by atoms with E-state index in [1.54, 1.807) is 18.2 Å². The van der Waals surface area contributed by atoms with Gasteiger partial charge < -0.3 is 10.6 Å². The average Bonchev–Trinajstić information content (AvgIpc) is 3.18. The summed E-state index contributed by atoms with van der Waals surface area (Å²) in [5.41, 5.74) is 1.90. The number of fused-ring (bicyclic) bond motifs is 2. The molecular weight excluding hydrogens is 370 g/mol. The van der Waals surface area contributed by atoms with Gasteiger partial charge in [-0.25, -0.2) is 0 Å². The van der Waals surface area contributed by atoms with E-state index in [4.69, 9.17) is 0 Å². The van der Waals surface area contributed by atoms with Crippen molar-refractivity contribution in [3.05, 3.63) is 41.5 Å². The Morgan fingerprint density at radius 1 is 1.14 bits per heavy atom. The van der Waals surface area contributed by atoms with Crippen LogP contribution in [0.3, 0.4) is 0 Å². The number of imide groups is 1. The first-order valence-electron chi connectivity index (χ1n) is 10.1. The molecule has 1 aromatic carbocycles. The second-order valence-electron chi connectivity index (χ2n) is 8.39. The zero-order valence-electron chi connectivity index (χ0n) is 16.6. The lowest BCUT2D eigenvalue weighted by atomic mass is 9.85. The molecule has 1 fully saturated rings. The molecule has 0 radical (unpaired) electrons. The summed E-state index contributed by atoms with van der Waals surface area (Å²) in [5.74, 6) is -1.67. The standard InChI is InChI=1S/C22H25N3O4/c1-12(2)9-18(25-21(28)15-5-3-4-6-16(15)22(25)29)20(27)24-14-8-7-13-11-23-19(26)17(13)10-14/h3-4,7-8,10,12,15-16,18H,5-6,9,11H2,1-2H3,(H,23,26)(H,24,27). The largest absolute Gasteiger partial charge is 0.348 e. The van der Waals surface area contributed by atoms with E-state index in [0.29, 0.717) is 37.1 Å². The minimum atomic E-state index is -0.859. The second-order valence-corrected chi connectivity index (χ2v) is 8.39. The van der Waals surface area contributed by atoms with Gasteiger partial charge in [0.1, 0.15) is 6.04 Å². The molecule has 1 saturated heterocycles. The first-order chi connectivity index (χ1) is 13.9. The molecule has 0 spiro atoms. The molecule has 3 unspecified atom stereocenters. The van der Waals surface area contributed by atoms with E-state index in [2.05, 4.69) is 10.6 Å². The Morgan fingerprint density at radius 3 is 2.41 bits per heavy atom. The van der Waals surface area contributed by atoms with Crippen molar-refractivity contribution in [3.8, 4) is 0 Å². The number of carbonyl (C=O) groups excluding carboxylic acids is 4. The lowest BCUT2D eigenvalue weighted by Gasteiger charge is -2.27. The maximum atomic E-state index is 13.1. The second kappa shape index (κ2) is 7.46. The van der Waals surface area contributed by atoms with Crippen molar-refractivity contribution < 1.29 is 19.2 Å². The highest BCUT2D eigenvalue weighted by Gasteiger charge is 2.51. The summed E-state index contributed by atoms with van der Waals surface area (Å²) in [6.45, 7) is 4.39. The number of carbonyl (C=O) groups is 4. The summed E-state index contributed by atoms with van der Waals surface area (Å²) in [6, 6.07) is 4.31. The van der Waals surface area contributed by atoms with Gasteiger partial charge in [-0.05, 0) is 42.9 Å². The molecular formula is C22H25N3O4. The molecule has 4 amide bonds. The quantitative estimate of drug-likeness (QED) is 0.590. The van der Waals surface area contributed by atoms with Gasteiger partial charge in [-0.3, -0.25) is 24.1 Å². The van der Waals surface area contributed by atoms with Crippen LogP contribution in [0.25, 0.3) is 0 Å². The van der Waals surface area contributed by atoms with Crippen LogP contribution in [0.15, 0.2) is 30.4 Å². The Morgan fingerprint density at radius 2 is 1.79 bits per heavy atom. The van der Waals surface area contributed by atoms with Gasteiger partial charge in [0.05, 0.1) is 11.8 Å². The zero-order chi connectivity index (χ0) is 20.7. The van der Waals surface area contributed by atoms with Crippen molar-refractivity contribution in [2.75, 3.05) is 5.32 Å². The number of likely N-dealkylation sites (tertiary alicyclic amines) is 1. The Balaban J connectivity index is 1.58. The van der Waals surface area contributed by atoms with E-state index in [-0.39, 0.29) is 35.5 Å². The van der Waals surface area contributed by atoms with E-state index in [0.717, 1.165) is 5.56 Å². The van der Waals surface area contributed by atoms with Gasteiger partial charge >= 0.3 is 0 Å². The van der Waals surface area contributed by atoms with Crippen molar-refractivity contribution in [1.29, 1.82) is 0 Å². The van der Waals surface area contributed by atoms with E-state index < -0.39 is 11.9 Å². The van der Waals surface area contributed by atoms with Crippen LogP contribution in [0.2, 0.25) is 0 Å². The van der Waals surface area contributed by atoms with Crippen molar-refractivity contribution in [2.24, 2.45) is 17.8 Å². The summed E-state index contributed by atoms with van der Waals surface area (Å²) in [6.07, 6.45) is 5.34. The first-order valence-corrected chi connectivity index (χ1v) is 10.1. The number of benzene rings is 1. The molecule has 4 rings (SSSR count). The fourth-order valence-electron chi connectivity index (χ4n) is 4.43. The maximum absolute atomic E-state index is 13.1. The average molecular weight is 395 g/mol. The van der Waals surface area contributed by atoms with Crippen LogP contribution in [-0.2, 0) is 20.9 Å². The summed E-state index contributed by atoms with van der Waals surface area (Å²) >= 11 is 0. The van der Waals surface area contributed by atoms with Gasteiger partial charge in [-0.15, -0.1) is 0 Å². The molecule has 0 saturated carbocycles. The molecule has 1 aliphatic carbocycles. The van der Waals surface area contributed by atoms with Crippen LogP contribution >= 0.6 is 0 Å². The van der Waals surface area contributed by atoms with E-state index in [9.17, 15) is 19.2 Å². The molecule has 2 heterocycles. The number of nitrogens with zero attached hydrogens (tertiary/aromatic N) is 1. The third kappa shape index (κ3) is 3.45. The molecule has 2 aliphatic heterocycles. The summed E-state index contributed by atoms with van der Waals surface area (Å²) in [5, 5.41) is 5.56. The number of rotatable bonds is 5. The molecule has 3 aliphatic rings. The predicted octanol–water partition coefficient (Wildman–Crippen LogP) is 2.23. The minimum Gasteiger partial charge on any atom is -0.348 e. The topological polar surface area (TPSA) is 95.6 Å².